The number of hydrogen-bond donors (Lipinski definition) is 1. The summed E-state index contributed by atoms with van der Waals surface area (Å²) in [5.74, 6) is 0.316. The second kappa shape index (κ2) is 9.42. The highest BCUT2D eigenvalue weighted by atomic mass is 79.9. The van der Waals surface area contributed by atoms with Gasteiger partial charge in [0.25, 0.3) is 5.91 Å². The van der Waals surface area contributed by atoms with Gasteiger partial charge in [0.05, 0.1) is 16.5 Å². The van der Waals surface area contributed by atoms with E-state index in [1.807, 2.05) is 30.3 Å². The Morgan fingerprint density at radius 1 is 1.03 bits per heavy atom. The average molecular weight is 489 g/mol. The topological polar surface area (TPSA) is 75.7 Å². The standard InChI is InChI=1S/C22H21BrN2O4S/c1-25(15-16-6-4-3-5-7-16)30(27,28)19-11-9-18(10-12-19)24-22(26)17-8-13-21(29-2)20(23)14-17/h3-14H,15H2,1-2H3,(H,24,26). The summed E-state index contributed by atoms with van der Waals surface area (Å²) < 4.78 is 32.7. The van der Waals surface area contributed by atoms with E-state index in [9.17, 15) is 13.2 Å². The van der Waals surface area contributed by atoms with Crippen molar-refractivity contribution >= 4 is 37.5 Å². The first-order valence-corrected chi connectivity index (χ1v) is 11.3. The number of sulfonamides is 1. The number of ether oxygens (including phenoxy) is 1. The largest absolute Gasteiger partial charge is 0.496 e. The molecule has 0 aliphatic rings. The molecule has 0 radical (unpaired) electrons. The van der Waals surface area contributed by atoms with Crippen molar-refractivity contribution in [3.63, 3.8) is 0 Å². The Bertz CT molecular complexity index is 1130. The van der Waals surface area contributed by atoms with Gasteiger partial charge in [0.15, 0.2) is 0 Å². The molecule has 3 rings (SSSR count). The van der Waals surface area contributed by atoms with E-state index >= 15 is 0 Å². The molecule has 3 aromatic carbocycles. The van der Waals surface area contributed by atoms with Crippen molar-refractivity contribution in [1.82, 2.24) is 4.31 Å². The number of nitrogens with one attached hydrogen (secondary N) is 1. The molecule has 1 N–H and O–H groups in total. The van der Waals surface area contributed by atoms with Crippen molar-refractivity contribution in [3.8, 4) is 5.75 Å². The first-order chi connectivity index (χ1) is 14.3. The normalized spacial score (nSPS) is 11.3. The minimum atomic E-state index is -3.65. The van der Waals surface area contributed by atoms with Crippen molar-refractivity contribution in [2.45, 2.75) is 11.4 Å². The maximum atomic E-state index is 12.8. The van der Waals surface area contributed by atoms with E-state index in [4.69, 9.17) is 4.74 Å². The zero-order valence-electron chi connectivity index (χ0n) is 16.5. The van der Waals surface area contributed by atoms with Crippen LogP contribution in [0.5, 0.6) is 5.75 Å². The Kier molecular flexibility index (Phi) is 6.91. The SMILES string of the molecule is COc1ccc(C(=O)Nc2ccc(S(=O)(=O)N(C)Cc3ccccc3)cc2)cc1Br. The van der Waals surface area contributed by atoms with E-state index in [2.05, 4.69) is 21.2 Å². The fourth-order valence-corrected chi connectivity index (χ4v) is 4.53. The van der Waals surface area contributed by atoms with E-state index in [-0.39, 0.29) is 17.3 Å². The lowest BCUT2D eigenvalue weighted by Gasteiger charge is -2.17. The van der Waals surface area contributed by atoms with Gasteiger partial charge in [-0.1, -0.05) is 30.3 Å². The third-order valence-corrected chi connectivity index (χ3v) is 6.92. The van der Waals surface area contributed by atoms with Crippen LogP contribution in [-0.4, -0.2) is 32.8 Å². The molecular formula is C22H21BrN2O4S. The summed E-state index contributed by atoms with van der Waals surface area (Å²) in [5, 5.41) is 2.76. The lowest BCUT2D eigenvalue weighted by Crippen LogP contribution is -2.26. The molecule has 8 heteroatoms. The molecule has 30 heavy (non-hydrogen) atoms. The molecule has 0 unspecified atom stereocenters. The number of anilines is 1. The van der Waals surface area contributed by atoms with Crippen molar-refractivity contribution in [3.05, 3.63) is 88.4 Å². The highest BCUT2D eigenvalue weighted by molar-refractivity contribution is 9.10. The van der Waals surface area contributed by atoms with Crippen LogP contribution in [0.2, 0.25) is 0 Å². The fraction of sp³-hybridized carbons (Fsp3) is 0.136. The van der Waals surface area contributed by atoms with Gasteiger partial charge < -0.3 is 10.1 Å². The molecule has 1 amide bonds. The first-order valence-electron chi connectivity index (χ1n) is 9.06. The molecular weight excluding hydrogens is 468 g/mol. The number of hydrogen-bond acceptors (Lipinski definition) is 4. The number of carbonyl (C=O) groups is 1. The molecule has 0 aliphatic heterocycles. The lowest BCUT2D eigenvalue weighted by molar-refractivity contribution is 0.102. The molecule has 0 aliphatic carbocycles. The second-order valence-electron chi connectivity index (χ2n) is 6.57. The Morgan fingerprint density at radius 2 is 1.70 bits per heavy atom. The summed E-state index contributed by atoms with van der Waals surface area (Å²) in [4.78, 5) is 12.6. The number of methoxy groups -OCH3 is 1. The van der Waals surface area contributed by atoms with Crippen molar-refractivity contribution in [2.75, 3.05) is 19.5 Å². The lowest BCUT2D eigenvalue weighted by atomic mass is 10.2. The van der Waals surface area contributed by atoms with E-state index in [1.54, 1.807) is 44.5 Å². The summed E-state index contributed by atoms with van der Waals surface area (Å²) in [6.45, 7) is 0.272. The van der Waals surface area contributed by atoms with Crippen molar-refractivity contribution in [2.24, 2.45) is 0 Å². The third-order valence-electron chi connectivity index (χ3n) is 4.48. The van der Waals surface area contributed by atoms with Crippen LogP contribution in [-0.2, 0) is 16.6 Å². The fourth-order valence-electron chi connectivity index (χ4n) is 2.83. The van der Waals surface area contributed by atoms with Crippen LogP contribution in [0, 0.1) is 0 Å². The zero-order valence-corrected chi connectivity index (χ0v) is 18.9. The van der Waals surface area contributed by atoms with E-state index < -0.39 is 10.0 Å². The number of nitrogens with zero attached hydrogens (tertiary/aromatic N) is 1. The molecule has 0 fully saturated rings. The van der Waals surface area contributed by atoms with Gasteiger partial charge in [0.1, 0.15) is 5.75 Å². The number of halogens is 1. The third kappa shape index (κ3) is 5.08. The van der Waals surface area contributed by atoms with Crippen molar-refractivity contribution < 1.29 is 17.9 Å². The monoisotopic (exact) mass is 488 g/mol. The van der Waals surface area contributed by atoms with Crippen LogP contribution < -0.4 is 10.1 Å². The summed E-state index contributed by atoms with van der Waals surface area (Å²) >= 11 is 3.35. The van der Waals surface area contributed by atoms with E-state index in [0.29, 0.717) is 21.5 Å². The van der Waals surface area contributed by atoms with Gasteiger partial charge in [-0.2, -0.15) is 4.31 Å². The smallest absolute Gasteiger partial charge is 0.255 e. The van der Waals surface area contributed by atoms with Crippen LogP contribution in [0.1, 0.15) is 15.9 Å². The van der Waals surface area contributed by atoms with Gasteiger partial charge in [-0.15, -0.1) is 0 Å². The molecule has 0 aromatic heterocycles. The van der Waals surface area contributed by atoms with Crippen LogP contribution in [0.3, 0.4) is 0 Å². The number of amides is 1. The Labute approximate surface area is 184 Å². The van der Waals surface area contributed by atoms with Crippen LogP contribution in [0.4, 0.5) is 5.69 Å². The van der Waals surface area contributed by atoms with Crippen molar-refractivity contribution in [1.29, 1.82) is 0 Å². The summed E-state index contributed by atoms with van der Waals surface area (Å²) in [7, 11) is -0.558. The average Bonchev–Trinajstić information content (AvgIpc) is 2.74. The predicted molar refractivity (Wildman–Crippen MR) is 120 cm³/mol. The summed E-state index contributed by atoms with van der Waals surface area (Å²) in [6, 6.07) is 20.5. The van der Waals surface area contributed by atoms with Gasteiger partial charge in [0.2, 0.25) is 10.0 Å². The highest BCUT2D eigenvalue weighted by Crippen LogP contribution is 2.26. The summed E-state index contributed by atoms with van der Waals surface area (Å²) in [5.41, 5.74) is 1.84. The number of carbonyl (C=O) groups excluding carboxylic acids is 1. The Hall–Kier alpha value is -2.68. The maximum absolute atomic E-state index is 12.8. The Morgan fingerprint density at radius 3 is 2.30 bits per heavy atom. The highest BCUT2D eigenvalue weighted by Gasteiger charge is 2.21. The summed E-state index contributed by atoms with van der Waals surface area (Å²) in [6.07, 6.45) is 0. The Balaban J connectivity index is 1.71. The van der Waals surface area contributed by atoms with Gasteiger partial charge in [0, 0.05) is 24.8 Å². The van der Waals surface area contributed by atoms with Crippen LogP contribution >= 0.6 is 15.9 Å². The van der Waals surface area contributed by atoms with Gasteiger partial charge in [-0.05, 0) is 64.0 Å². The van der Waals surface area contributed by atoms with Crippen LogP contribution in [0.15, 0.2) is 82.2 Å². The first kappa shape index (κ1) is 22.0. The molecule has 0 spiro atoms. The quantitative estimate of drug-likeness (QED) is 0.529. The number of rotatable bonds is 7. The van der Waals surface area contributed by atoms with E-state index in [0.717, 1.165) is 5.56 Å². The number of benzene rings is 3. The molecule has 156 valence electrons. The van der Waals surface area contributed by atoms with Gasteiger partial charge >= 0.3 is 0 Å². The minimum Gasteiger partial charge on any atom is -0.496 e. The molecule has 0 atom stereocenters. The zero-order chi connectivity index (χ0) is 21.7. The van der Waals surface area contributed by atoms with E-state index in [1.165, 1.54) is 16.4 Å². The molecule has 6 nitrogen and oxygen atoms in total. The molecule has 0 heterocycles. The molecule has 3 aromatic rings. The molecule has 0 saturated carbocycles. The second-order valence-corrected chi connectivity index (χ2v) is 9.47. The molecule has 0 saturated heterocycles. The van der Waals surface area contributed by atoms with Crippen LogP contribution in [0.25, 0.3) is 0 Å². The van der Waals surface area contributed by atoms with Gasteiger partial charge in [-0.25, -0.2) is 8.42 Å². The van der Waals surface area contributed by atoms with Gasteiger partial charge in [-0.3, -0.25) is 4.79 Å². The minimum absolute atomic E-state index is 0.158. The maximum Gasteiger partial charge on any atom is 0.255 e. The predicted octanol–water partition coefficient (Wildman–Crippen LogP) is 4.53. The molecule has 0 bridgehead atoms.